The lowest BCUT2D eigenvalue weighted by molar-refractivity contribution is -0.118. The van der Waals surface area contributed by atoms with Crippen molar-refractivity contribution in [1.29, 1.82) is 5.26 Å². The van der Waals surface area contributed by atoms with Crippen LogP contribution >= 0.6 is 11.6 Å². The quantitative estimate of drug-likeness (QED) is 0.872. The second-order valence-electron chi connectivity index (χ2n) is 4.86. The van der Waals surface area contributed by atoms with E-state index in [4.69, 9.17) is 21.6 Å². The summed E-state index contributed by atoms with van der Waals surface area (Å²) in [7, 11) is 0. The number of benzene rings is 2. The smallest absolute Gasteiger partial charge is 0.262 e. The molecule has 0 aliphatic heterocycles. The molecule has 0 atom stereocenters. The minimum absolute atomic E-state index is 0.197. The molecule has 0 saturated heterocycles. The molecule has 0 saturated carbocycles. The fourth-order valence-corrected chi connectivity index (χ4v) is 2.14. The first-order valence-corrected chi connectivity index (χ1v) is 7.35. The fraction of sp³-hybridized carbons (Fsp3) is 0.118. The van der Waals surface area contributed by atoms with Gasteiger partial charge in [-0.2, -0.15) is 5.26 Å². The average molecular weight is 344 g/mol. The third kappa shape index (κ3) is 5.00. The molecule has 122 valence electrons. The number of halogens is 1. The number of anilines is 2. The first-order chi connectivity index (χ1) is 11.5. The third-order valence-electron chi connectivity index (χ3n) is 2.89. The first kappa shape index (κ1) is 17.3. The van der Waals surface area contributed by atoms with Crippen molar-refractivity contribution in [2.75, 3.05) is 17.2 Å². The minimum atomic E-state index is -0.379. The minimum Gasteiger partial charge on any atom is -0.482 e. The van der Waals surface area contributed by atoms with Gasteiger partial charge in [-0.25, -0.2) is 0 Å². The van der Waals surface area contributed by atoms with Crippen LogP contribution in [-0.4, -0.2) is 18.4 Å². The summed E-state index contributed by atoms with van der Waals surface area (Å²) in [4.78, 5) is 23.0. The van der Waals surface area contributed by atoms with Gasteiger partial charge >= 0.3 is 0 Å². The molecule has 0 bridgehead atoms. The Kier molecular flexibility index (Phi) is 5.77. The Bertz CT molecular complexity index is 815. The van der Waals surface area contributed by atoms with Gasteiger partial charge in [0.15, 0.2) is 6.61 Å². The molecule has 2 rings (SSSR count). The van der Waals surface area contributed by atoms with E-state index < -0.39 is 0 Å². The highest BCUT2D eigenvalue weighted by Gasteiger charge is 2.08. The van der Waals surface area contributed by atoms with Gasteiger partial charge in [-0.3, -0.25) is 9.59 Å². The number of hydrogen-bond donors (Lipinski definition) is 2. The normalized spacial score (nSPS) is 9.71. The Morgan fingerprint density at radius 2 is 1.88 bits per heavy atom. The van der Waals surface area contributed by atoms with Crippen LogP contribution in [0.3, 0.4) is 0 Å². The van der Waals surface area contributed by atoms with Crippen LogP contribution in [0.15, 0.2) is 42.5 Å². The predicted octanol–water partition coefficient (Wildman–Crippen LogP) is 3.19. The zero-order chi connectivity index (χ0) is 17.5. The maximum Gasteiger partial charge on any atom is 0.262 e. The summed E-state index contributed by atoms with van der Waals surface area (Å²) in [5, 5.41) is 14.3. The number of carbonyl (C=O) groups is 2. The largest absolute Gasteiger partial charge is 0.482 e. The van der Waals surface area contributed by atoms with Gasteiger partial charge in [0, 0.05) is 18.3 Å². The summed E-state index contributed by atoms with van der Waals surface area (Å²) in [6, 6.07) is 13.3. The fourth-order valence-electron chi connectivity index (χ4n) is 1.91. The Balaban J connectivity index is 1.94. The lowest BCUT2D eigenvalue weighted by atomic mass is 10.2. The van der Waals surface area contributed by atoms with Crippen LogP contribution in [-0.2, 0) is 9.59 Å². The summed E-state index contributed by atoms with van der Waals surface area (Å²) < 4.78 is 5.34. The van der Waals surface area contributed by atoms with Crippen molar-refractivity contribution < 1.29 is 14.3 Å². The molecule has 7 heteroatoms. The third-order valence-corrected chi connectivity index (χ3v) is 3.18. The first-order valence-electron chi connectivity index (χ1n) is 6.98. The molecule has 0 unspecified atom stereocenters. The molecule has 24 heavy (non-hydrogen) atoms. The Morgan fingerprint density at radius 3 is 2.50 bits per heavy atom. The van der Waals surface area contributed by atoms with Gasteiger partial charge in [0.1, 0.15) is 5.75 Å². The zero-order valence-electron chi connectivity index (χ0n) is 12.8. The van der Waals surface area contributed by atoms with Gasteiger partial charge in [-0.1, -0.05) is 17.7 Å². The Hall–Kier alpha value is -3.04. The maximum atomic E-state index is 11.9. The van der Waals surface area contributed by atoms with Gasteiger partial charge in [-0.05, 0) is 36.4 Å². The number of nitrogens with zero attached hydrogens (tertiary/aromatic N) is 1. The van der Waals surface area contributed by atoms with E-state index in [1.54, 1.807) is 30.3 Å². The van der Waals surface area contributed by atoms with Crippen molar-refractivity contribution in [1.82, 2.24) is 0 Å². The lowest BCUT2D eigenvalue weighted by Gasteiger charge is -2.10. The van der Waals surface area contributed by atoms with Crippen LogP contribution in [0.4, 0.5) is 11.4 Å². The molecule has 2 aromatic carbocycles. The highest BCUT2D eigenvalue weighted by molar-refractivity contribution is 6.32. The number of amides is 2. The van der Waals surface area contributed by atoms with Crippen molar-refractivity contribution in [3.63, 3.8) is 0 Å². The monoisotopic (exact) mass is 343 g/mol. The van der Waals surface area contributed by atoms with Crippen LogP contribution in [0.1, 0.15) is 12.5 Å². The van der Waals surface area contributed by atoms with Crippen molar-refractivity contribution >= 4 is 34.8 Å². The van der Waals surface area contributed by atoms with E-state index in [1.807, 2.05) is 6.07 Å². The molecule has 2 aromatic rings. The highest BCUT2D eigenvalue weighted by atomic mass is 35.5. The number of ether oxygens (including phenoxy) is 1. The average Bonchev–Trinajstić information content (AvgIpc) is 2.53. The molecule has 0 fully saturated rings. The van der Waals surface area contributed by atoms with Crippen molar-refractivity contribution in [3.05, 3.63) is 53.1 Å². The summed E-state index contributed by atoms with van der Waals surface area (Å²) >= 11 is 5.97. The molecule has 2 amide bonds. The molecule has 0 heterocycles. The van der Waals surface area contributed by atoms with Gasteiger partial charge in [-0.15, -0.1) is 0 Å². The van der Waals surface area contributed by atoms with Gasteiger partial charge < -0.3 is 15.4 Å². The van der Waals surface area contributed by atoms with Gasteiger partial charge in [0.25, 0.3) is 5.91 Å². The second-order valence-corrected chi connectivity index (χ2v) is 5.26. The van der Waals surface area contributed by atoms with Crippen LogP contribution < -0.4 is 15.4 Å². The van der Waals surface area contributed by atoms with Crippen LogP contribution in [0.5, 0.6) is 5.75 Å². The molecule has 0 spiro atoms. The Morgan fingerprint density at radius 1 is 1.17 bits per heavy atom. The van der Waals surface area contributed by atoms with E-state index in [0.29, 0.717) is 22.7 Å². The van der Waals surface area contributed by atoms with Crippen molar-refractivity contribution in [2.24, 2.45) is 0 Å². The van der Waals surface area contributed by atoms with Crippen LogP contribution in [0.25, 0.3) is 0 Å². The molecule has 0 aromatic heterocycles. The zero-order valence-corrected chi connectivity index (χ0v) is 13.6. The van der Waals surface area contributed by atoms with E-state index in [9.17, 15) is 9.59 Å². The lowest BCUT2D eigenvalue weighted by Crippen LogP contribution is -2.20. The van der Waals surface area contributed by atoms with E-state index in [-0.39, 0.29) is 23.4 Å². The number of rotatable bonds is 5. The number of hydrogen-bond acceptors (Lipinski definition) is 4. The summed E-state index contributed by atoms with van der Waals surface area (Å²) in [6.07, 6.45) is 0. The van der Waals surface area contributed by atoms with E-state index >= 15 is 0 Å². The number of nitriles is 1. The highest BCUT2D eigenvalue weighted by Crippen LogP contribution is 2.25. The summed E-state index contributed by atoms with van der Waals surface area (Å²) in [5.41, 5.74) is 1.52. The molecule has 6 nitrogen and oxygen atoms in total. The van der Waals surface area contributed by atoms with E-state index in [0.717, 1.165) is 0 Å². The van der Waals surface area contributed by atoms with Crippen molar-refractivity contribution in [2.45, 2.75) is 6.92 Å². The van der Waals surface area contributed by atoms with Crippen LogP contribution in [0, 0.1) is 11.3 Å². The molecule has 2 N–H and O–H groups in total. The Labute approximate surface area is 144 Å². The molecular weight excluding hydrogens is 330 g/mol. The van der Waals surface area contributed by atoms with Crippen LogP contribution in [0.2, 0.25) is 5.02 Å². The molecule has 0 radical (unpaired) electrons. The summed E-state index contributed by atoms with van der Waals surface area (Å²) in [6.45, 7) is 1.16. The SMILES string of the molecule is CC(=O)Nc1cccc(NC(=O)COc2ccc(C#N)cc2Cl)c1. The van der Waals surface area contributed by atoms with Gasteiger partial charge in [0.2, 0.25) is 5.91 Å². The molecule has 0 aliphatic carbocycles. The van der Waals surface area contributed by atoms with E-state index in [1.165, 1.54) is 19.1 Å². The maximum absolute atomic E-state index is 11.9. The van der Waals surface area contributed by atoms with Crippen molar-refractivity contribution in [3.8, 4) is 11.8 Å². The number of carbonyl (C=O) groups excluding carboxylic acids is 2. The topological polar surface area (TPSA) is 91.2 Å². The van der Waals surface area contributed by atoms with E-state index in [2.05, 4.69) is 10.6 Å². The second kappa shape index (κ2) is 7.99. The molecule has 0 aliphatic rings. The molecular formula is C17H14ClN3O3. The van der Waals surface area contributed by atoms with Gasteiger partial charge in [0.05, 0.1) is 16.7 Å². The summed E-state index contributed by atoms with van der Waals surface area (Å²) in [5.74, 6) is -0.259. The predicted molar refractivity (Wildman–Crippen MR) is 91.0 cm³/mol. The number of nitrogens with one attached hydrogen (secondary N) is 2. The standard InChI is InChI=1S/C17H14ClN3O3/c1-11(22)20-13-3-2-4-14(8-13)21-17(23)10-24-16-6-5-12(9-19)7-15(16)18/h2-8H,10H2,1H3,(H,20,22)(H,21,23).